The Morgan fingerprint density at radius 2 is 1.93 bits per heavy atom. The van der Waals surface area contributed by atoms with Crippen LogP contribution in [0.25, 0.3) is 0 Å². The van der Waals surface area contributed by atoms with Crippen molar-refractivity contribution in [1.29, 1.82) is 0 Å². The minimum atomic E-state index is 0.384. The standard InChI is InChI=1S/C13H24O/c1-3-4-10-13(11(2)14)12-8-6-5-7-9-12/h12-13H,3-10H2,1-2H3. The number of unbranched alkanes of at least 4 members (excludes halogenated alkanes) is 1. The first kappa shape index (κ1) is 11.7. The Hall–Kier alpha value is -0.330. The van der Waals surface area contributed by atoms with Gasteiger partial charge in [-0.3, -0.25) is 4.79 Å². The maximum atomic E-state index is 11.5. The summed E-state index contributed by atoms with van der Waals surface area (Å²) in [7, 11) is 0. The van der Waals surface area contributed by atoms with Crippen LogP contribution in [0.5, 0.6) is 0 Å². The van der Waals surface area contributed by atoms with Crippen molar-refractivity contribution in [2.24, 2.45) is 11.8 Å². The largest absolute Gasteiger partial charge is 0.300 e. The topological polar surface area (TPSA) is 17.1 Å². The normalized spacial score (nSPS) is 20.7. The van der Waals surface area contributed by atoms with Gasteiger partial charge in [-0.15, -0.1) is 0 Å². The summed E-state index contributed by atoms with van der Waals surface area (Å²) in [6.45, 7) is 3.99. The summed E-state index contributed by atoms with van der Waals surface area (Å²) >= 11 is 0. The molecular weight excluding hydrogens is 172 g/mol. The average molecular weight is 196 g/mol. The van der Waals surface area contributed by atoms with E-state index in [1.54, 1.807) is 6.92 Å². The van der Waals surface area contributed by atoms with Gasteiger partial charge in [0.05, 0.1) is 0 Å². The molecule has 0 radical (unpaired) electrons. The molecule has 0 heterocycles. The molecule has 0 aliphatic heterocycles. The van der Waals surface area contributed by atoms with Crippen LogP contribution in [-0.2, 0) is 4.79 Å². The number of ketones is 1. The van der Waals surface area contributed by atoms with Crippen LogP contribution in [0.1, 0.15) is 65.2 Å². The number of Topliss-reactive ketones (excluding diaryl/α,β-unsaturated/α-hetero) is 1. The Morgan fingerprint density at radius 3 is 2.43 bits per heavy atom. The van der Waals surface area contributed by atoms with Crippen LogP contribution in [0, 0.1) is 11.8 Å². The first-order valence-corrected chi connectivity index (χ1v) is 6.26. The van der Waals surface area contributed by atoms with E-state index in [-0.39, 0.29) is 0 Å². The van der Waals surface area contributed by atoms with Crippen LogP contribution in [0.2, 0.25) is 0 Å². The van der Waals surface area contributed by atoms with E-state index in [1.807, 2.05) is 0 Å². The second-order valence-corrected chi connectivity index (χ2v) is 4.76. The molecule has 0 bridgehead atoms. The molecule has 0 spiro atoms. The molecule has 14 heavy (non-hydrogen) atoms. The summed E-state index contributed by atoms with van der Waals surface area (Å²) in [5.41, 5.74) is 0. The number of hydrogen-bond donors (Lipinski definition) is 0. The Labute approximate surface area is 88.3 Å². The smallest absolute Gasteiger partial charge is 0.133 e. The molecule has 0 aromatic rings. The lowest BCUT2D eigenvalue weighted by molar-refractivity contribution is -0.123. The lowest BCUT2D eigenvalue weighted by Crippen LogP contribution is -2.24. The molecule has 1 aliphatic carbocycles. The fourth-order valence-corrected chi connectivity index (χ4v) is 2.73. The zero-order valence-electron chi connectivity index (χ0n) is 9.72. The SMILES string of the molecule is CCCCC(C(C)=O)C1CCCCC1. The van der Waals surface area contributed by atoms with Gasteiger partial charge >= 0.3 is 0 Å². The third-order valence-corrected chi connectivity index (χ3v) is 3.61. The molecule has 1 rings (SSSR count). The highest BCUT2D eigenvalue weighted by Gasteiger charge is 2.26. The van der Waals surface area contributed by atoms with Crippen molar-refractivity contribution in [2.75, 3.05) is 0 Å². The molecule has 1 saturated carbocycles. The minimum Gasteiger partial charge on any atom is -0.300 e. The third-order valence-electron chi connectivity index (χ3n) is 3.61. The van der Waals surface area contributed by atoms with Gasteiger partial charge in [-0.25, -0.2) is 0 Å². The van der Waals surface area contributed by atoms with Crippen molar-refractivity contribution < 1.29 is 4.79 Å². The fraction of sp³-hybridized carbons (Fsp3) is 0.923. The third kappa shape index (κ3) is 3.43. The van der Waals surface area contributed by atoms with Crippen molar-refractivity contribution >= 4 is 5.78 Å². The van der Waals surface area contributed by atoms with Crippen LogP contribution < -0.4 is 0 Å². The van der Waals surface area contributed by atoms with Crippen molar-refractivity contribution in [3.63, 3.8) is 0 Å². The molecule has 82 valence electrons. The lowest BCUT2D eigenvalue weighted by Gasteiger charge is -2.28. The van der Waals surface area contributed by atoms with Crippen molar-refractivity contribution in [1.82, 2.24) is 0 Å². The minimum absolute atomic E-state index is 0.384. The molecule has 1 heteroatoms. The van der Waals surface area contributed by atoms with E-state index in [0.717, 1.165) is 6.42 Å². The van der Waals surface area contributed by atoms with Crippen LogP contribution in [0.3, 0.4) is 0 Å². The number of rotatable bonds is 5. The summed E-state index contributed by atoms with van der Waals surface area (Å²) in [5, 5.41) is 0. The summed E-state index contributed by atoms with van der Waals surface area (Å²) in [6, 6.07) is 0. The highest BCUT2D eigenvalue weighted by molar-refractivity contribution is 5.78. The van der Waals surface area contributed by atoms with E-state index >= 15 is 0 Å². The summed E-state index contributed by atoms with van der Waals surface area (Å²) < 4.78 is 0. The monoisotopic (exact) mass is 196 g/mol. The van der Waals surface area contributed by atoms with Gasteiger partial charge < -0.3 is 0 Å². The van der Waals surface area contributed by atoms with Gasteiger partial charge in [0.1, 0.15) is 5.78 Å². The van der Waals surface area contributed by atoms with Gasteiger partial charge in [-0.05, 0) is 32.1 Å². The Kier molecular flexibility index (Phi) is 5.21. The second-order valence-electron chi connectivity index (χ2n) is 4.76. The van der Waals surface area contributed by atoms with Crippen molar-refractivity contribution in [3.05, 3.63) is 0 Å². The predicted octanol–water partition coefficient (Wildman–Crippen LogP) is 3.96. The predicted molar refractivity (Wildman–Crippen MR) is 60.3 cm³/mol. The van der Waals surface area contributed by atoms with Gasteiger partial charge in [-0.1, -0.05) is 39.0 Å². The molecule has 0 aromatic heterocycles. The molecular formula is C13H24O. The van der Waals surface area contributed by atoms with Crippen LogP contribution in [0.4, 0.5) is 0 Å². The van der Waals surface area contributed by atoms with Crippen LogP contribution in [0.15, 0.2) is 0 Å². The Bertz CT molecular complexity index is 168. The van der Waals surface area contributed by atoms with Gasteiger partial charge in [0.2, 0.25) is 0 Å². The van der Waals surface area contributed by atoms with Gasteiger partial charge in [0, 0.05) is 5.92 Å². The van der Waals surface area contributed by atoms with E-state index in [2.05, 4.69) is 6.92 Å². The molecule has 1 nitrogen and oxygen atoms in total. The molecule has 0 N–H and O–H groups in total. The molecule has 1 unspecified atom stereocenters. The maximum absolute atomic E-state index is 11.5. The number of hydrogen-bond acceptors (Lipinski definition) is 1. The average Bonchev–Trinajstić information content (AvgIpc) is 2.19. The Balaban J connectivity index is 2.43. The van der Waals surface area contributed by atoms with E-state index in [0.29, 0.717) is 17.6 Å². The van der Waals surface area contributed by atoms with Crippen LogP contribution >= 0.6 is 0 Å². The van der Waals surface area contributed by atoms with Gasteiger partial charge in [0.15, 0.2) is 0 Å². The molecule has 1 fully saturated rings. The molecule has 0 aromatic carbocycles. The fourth-order valence-electron chi connectivity index (χ4n) is 2.73. The first-order valence-electron chi connectivity index (χ1n) is 6.26. The number of carbonyl (C=O) groups excluding carboxylic acids is 1. The Morgan fingerprint density at radius 1 is 1.29 bits per heavy atom. The summed E-state index contributed by atoms with van der Waals surface area (Å²) in [6.07, 6.45) is 10.3. The first-order chi connectivity index (χ1) is 6.75. The highest BCUT2D eigenvalue weighted by Crippen LogP contribution is 2.33. The second kappa shape index (κ2) is 6.21. The molecule has 0 saturated heterocycles. The van der Waals surface area contributed by atoms with E-state index < -0.39 is 0 Å². The quantitative estimate of drug-likeness (QED) is 0.650. The molecule has 1 atom stereocenters. The zero-order chi connectivity index (χ0) is 10.4. The maximum Gasteiger partial charge on any atom is 0.133 e. The van der Waals surface area contributed by atoms with E-state index in [1.165, 1.54) is 44.9 Å². The summed E-state index contributed by atoms with van der Waals surface area (Å²) in [4.78, 5) is 11.5. The van der Waals surface area contributed by atoms with Crippen LogP contribution in [-0.4, -0.2) is 5.78 Å². The molecule has 1 aliphatic rings. The number of carbonyl (C=O) groups is 1. The van der Waals surface area contributed by atoms with E-state index in [9.17, 15) is 4.79 Å². The lowest BCUT2D eigenvalue weighted by atomic mass is 9.76. The molecule has 0 amide bonds. The highest BCUT2D eigenvalue weighted by atomic mass is 16.1. The zero-order valence-corrected chi connectivity index (χ0v) is 9.72. The summed E-state index contributed by atoms with van der Waals surface area (Å²) in [5.74, 6) is 1.54. The van der Waals surface area contributed by atoms with Gasteiger partial charge in [0.25, 0.3) is 0 Å². The van der Waals surface area contributed by atoms with Crippen molar-refractivity contribution in [2.45, 2.75) is 65.2 Å². The van der Waals surface area contributed by atoms with Crippen molar-refractivity contribution in [3.8, 4) is 0 Å². The van der Waals surface area contributed by atoms with E-state index in [4.69, 9.17) is 0 Å². The van der Waals surface area contributed by atoms with Gasteiger partial charge in [-0.2, -0.15) is 0 Å².